The quantitative estimate of drug-likeness (QED) is 0.676. The van der Waals surface area contributed by atoms with E-state index in [9.17, 15) is 18.8 Å². The van der Waals surface area contributed by atoms with Crippen molar-refractivity contribution in [3.63, 3.8) is 0 Å². The minimum Gasteiger partial charge on any atom is -0.311 e. The molecular weight excluding hydrogens is 387 g/mol. The van der Waals surface area contributed by atoms with E-state index in [0.717, 1.165) is 21.7 Å². The van der Waals surface area contributed by atoms with Gasteiger partial charge >= 0.3 is 0 Å². The minimum atomic E-state index is -0.402. The third-order valence-electron chi connectivity index (χ3n) is 4.95. The maximum atomic E-state index is 13.1. The summed E-state index contributed by atoms with van der Waals surface area (Å²) in [6.45, 7) is 1.81. The molecule has 2 heterocycles. The summed E-state index contributed by atoms with van der Waals surface area (Å²) in [6.07, 6.45) is 3.38. The van der Waals surface area contributed by atoms with E-state index in [1.807, 2.05) is 6.92 Å². The van der Waals surface area contributed by atoms with Gasteiger partial charge in [0.25, 0.3) is 11.8 Å². The number of rotatable bonds is 4. The predicted octanol–water partition coefficient (Wildman–Crippen LogP) is 2.01. The van der Waals surface area contributed by atoms with E-state index < -0.39 is 5.91 Å². The van der Waals surface area contributed by atoms with Gasteiger partial charge in [0, 0.05) is 7.05 Å². The second-order valence-electron chi connectivity index (χ2n) is 7.16. The lowest BCUT2D eigenvalue weighted by atomic mass is 9.97. The molecule has 3 amide bonds. The third kappa shape index (κ3) is 3.55. The predicted molar refractivity (Wildman–Crippen MR) is 108 cm³/mol. The Balaban J connectivity index is 1.49. The summed E-state index contributed by atoms with van der Waals surface area (Å²) in [5.41, 5.74) is 9.25. The first-order valence-corrected chi connectivity index (χ1v) is 9.29. The SMILES string of the molecule is Cc1cc(CC(=O)NC2=CC=C(c3ccc(F)cc3)NN2)c2c(c1)C(=O)N(C)C2=O. The largest absolute Gasteiger partial charge is 0.311 e. The van der Waals surface area contributed by atoms with E-state index in [2.05, 4.69) is 16.2 Å². The van der Waals surface area contributed by atoms with Crippen LogP contribution in [-0.2, 0) is 11.2 Å². The number of hydrazine groups is 1. The van der Waals surface area contributed by atoms with Gasteiger partial charge in [0.2, 0.25) is 5.91 Å². The highest BCUT2D eigenvalue weighted by molar-refractivity contribution is 6.22. The van der Waals surface area contributed by atoms with E-state index >= 15 is 0 Å². The summed E-state index contributed by atoms with van der Waals surface area (Å²) in [4.78, 5) is 38.3. The van der Waals surface area contributed by atoms with Gasteiger partial charge in [-0.2, -0.15) is 0 Å². The van der Waals surface area contributed by atoms with Crippen molar-refractivity contribution in [2.24, 2.45) is 0 Å². The second kappa shape index (κ2) is 7.47. The lowest BCUT2D eigenvalue weighted by molar-refractivity contribution is -0.119. The lowest BCUT2D eigenvalue weighted by Gasteiger charge is -2.20. The fourth-order valence-electron chi connectivity index (χ4n) is 3.49. The smallest absolute Gasteiger partial charge is 0.261 e. The fraction of sp³-hybridized carbons (Fsp3) is 0.136. The maximum Gasteiger partial charge on any atom is 0.261 e. The summed E-state index contributed by atoms with van der Waals surface area (Å²) >= 11 is 0. The Kier molecular flexibility index (Phi) is 4.83. The first-order chi connectivity index (χ1) is 14.3. The summed E-state index contributed by atoms with van der Waals surface area (Å²) in [5, 5.41) is 2.73. The number of benzene rings is 2. The van der Waals surface area contributed by atoms with Crippen LogP contribution in [-0.4, -0.2) is 29.7 Å². The highest BCUT2D eigenvalue weighted by atomic mass is 19.1. The molecule has 0 fully saturated rings. The Morgan fingerprint density at radius 2 is 1.80 bits per heavy atom. The number of amides is 3. The molecule has 4 rings (SSSR count). The van der Waals surface area contributed by atoms with Gasteiger partial charge in [-0.3, -0.25) is 30.1 Å². The van der Waals surface area contributed by atoms with Crippen molar-refractivity contribution in [2.45, 2.75) is 13.3 Å². The van der Waals surface area contributed by atoms with Crippen LogP contribution in [0.5, 0.6) is 0 Å². The zero-order valence-corrected chi connectivity index (χ0v) is 16.4. The number of aryl methyl sites for hydroxylation is 1. The third-order valence-corrected chi connectivity index (χ3v) is 4.95. The zero-order chi connectivity index (χ0) is 21.4. The van der Waals surface area contributed by atoms with Crippen LogP contribution in [0, 0.1) is 12.7 Å². The number of fused-ring (bicyclic) bond motifs is 1. The fourth-order valence-corrected chi connectivity index (χ4v) is 3.49. The Labute approximate surface area is 172 Å². The number of hydrogen-bond acceptors (Lipinski definition) is 5. The first-order valence-electron chi connectivity index (χ1n) is 9.29. The number of hydrogen-bond donors (Lipinski definition) is 3. The van der Waals surface area contributed by atoms with Crippen molar-refractivity contribution in [2.75, 3.05) is 7.05 Å². The van der Waals surface area contributed by atoms with Crippen LogP contribution in [0.25, 0.3) is 5.70 Å². The van der Waals surface area contributed by atoms with Gasteiger partial charge in [-0.1, -0.05) is 6.07 Å². The van der Waals surface area contributed by atoms with Gasteiger partial charge in [0.15, 0.2) is 0 Å². The minimum absolute atomic E-state index is 0.0512. The molecule has 152 valence electrons. The van der Waals surface area contributed by atoms with Crippen molar-refractivity contribution in [1.82, 2.24) is 21.1 Å². The van der Waals surface area contributed by atoms with E-state index in [-0.39, 0.29) is 29.6 Å². The van der Waals surface area contributed by atoms with Gasteiger partial charge in [-0.15, -0.1) is 0 Å². The topological polar surface area (TPSA) is 90.5 Å². The molecule has 2 aliphatic rings. The molecule has 0 unspecified atom stereocenters. The number of halogens is 1. The van der Waals surface area contributed by atoms with Crippen LogP contribution in [0.1, 0.15) is 37.4 Å². The van der Waals surface area contributed by atoms with Crippen LogP contribution in [0.15, 0.2) is 54.4 Å². The van der Waals surface area contributed by atoms with Crippen LogP contribution >= 0.6 is 0 Å². The second-order valence-corrected chi connectivity index (χ2v) is 7.16. The van der Waals surface area contributed by atoms with Crippen molar-refractivity contribution in [3.05, 3.63) is 88.0 Å². The molecule has 3 N–H and O–H groups in total. The number of nitrogens with zero attached hydrogens (tertiary/aromatic N) is 1. The number of carbonyl (C=O) groups excluding carboxylic acids is 3. The summed E-state index contributed by atoms with van der Waals surface area (Å²) < 4.78 is 13.1. The van der Waals surface area contributed by atoms with Gasteiger partial charge in [-0.05, 0) is 66.1 Å². The van der Waals surface area contributed by atoms with Gasteiger partial charge in [0.1, 0.15) is 11.6 Å². The molecule has 0 bridgehead atoms. The lowest BCUT2D eigenvalue weighted by Crippen LogP contribution is -2.40. The highest BCUT2D eigenvalue weighted by Gasteiger charge is 2.35. The van der Waals surface area contributed by atoms with Crippen molar-refractivity contribution in [1.29, 1.82) is 0 Å². The molecule has 2 aromatic carbocycles. The van der Waals surface area contributed by atoms with Crippen molar-refractivity contribution in [3.8, 4) is 0 Å². The van der Waals surface area contributed by atoms with E-state index in [1.165, 1.54) is 19.2 Å². The average molecular weight is 406 g/mol. The molecule has 30 heavy (non-hydrogen) atoms. The van der Waals surface area contributed by atoms with Crippen LogP contribution in [0.2, 0.25) is 0 Å². The standard InChI is InChI=1S/C22H19FN4O3/c1-12-9-14(20-16(10-12)21(29)27(2)22(20)30)11-19(28)24-18-8-7-17(25-26-18)13-3-5-15(23)6-4-13/h3-10,25-26H,11H2,1-2H3,(H,24,28). The van der Waals surface area contributed by atoms with Gasteiger partial charge < -0.3 is 5.32 Å². The normalized spacial score (nSPS) is 15.1. The molecule has 0 saturated heterocycles. The van der Waals surface area contributed by atoms with Crippen molar-refractivity contribution >= 4 is 23.4 Å². The monoisotopic (exact) mass is 406 g/mol. The molecule has 0 aliphatic carbocycles. The first kappa shape index (κ1) is 19.4. The van der Waals surface area contributed by atoms with Crippen LogP contribution in [0.3, 0.4) is 0 Å². The highest BCUT2D eigenvalue weighted by Crippen LogP contribution is 2.27. The Hall–Kier alpha value is -3.94. The molecule has 8 heteroatoms. The van der Waals surface area contributed by atoms with E-state index in [4.69, 9.17) is 0 Å². The number of carbonyl (C=O) groups is 3. The zero-order valence-electron chi connectivity index (χ0n) is 16.4. The molecule has 0 spiro atoms. The van der Waals surface area contributed by atoms with Crippen LogP contribution in [0.4, 0.5) is 4.39 Å². The number of nitrogens with one attached hydrogen (secondary N) is 3. The molecule has 2 aromatic rings. The number of allylic oxidation sites excluding steroid dienone is 2. The Morgan fingerprint density at radius 3 is 2.47 bits per heavy atom. The van der Waals surface area contributed by atoms with E-state index in [1.54, 1.807) is 36.4 Å². The molecule has 7 nitrogen and oxygen atoms in total. The molecule has 0 atom stereocenters. The van der Waals surface area contributed by atoms with Gasteiger partial charge in [0.05, 0.1) is 23.2 Å². The van der Waals surface area contributed by atoms with Crippen molar-refractivity contribution < 1.29 is 18.8 Å². The Morgan fingerprint density at radius 1 is 1.07 bits per heavy atom. The molecule has 0 radical (unpaired) electrons. The van der Waals surface area contributed by atoms with Gasteiger partial charge in [-0.25, -0.2) is 4.39 Å². The molecule has 2 aliphatic heterocycles. The molecular formula is C22H19FN4O3. The summed E-state index contributed by atoms with van der Waals surface area (Å²) in [7, 11) is 1.43. The Bertz CT molecular complexity index is 1140. The van der Waals surface area contributed by atoms with Crippen LogP contribution < -0.4 is 16.2 Å². The molecule has 0 aromatic heterocycles. The average Bonchev–Trinajstić information content (AvgIpc) is 2.93. The number of imide groups is 1. The maximum absolute atomic E-state index is 13.1. The molecule has 0 saturated carbocycles. The summed E-state index contributed by atoms with van der Waals surface area (Å²) in [6, 6.07) is 9.42. The van der Waals surface area contributed by atoms with E-state index in [0.29, 0.717) is 16.9 Å². The summed E-state index contributed by atoms with van der Waals surface area (Å²) in [5.74, 6) is -0.992.